The second kappa shape index (κ2) is 9.49. The van der Waals surface area contributed by atoms with Crippen molar-refractivity contribution in [3.05, 3.63) is 65.7 Å². The largest absolute Gasteiger partial charge is 0.493 e. The summed E-state index contributed by atoms with van der Waals surface area (Å²) >= 11 is 0. The summed E-state index contributed by atoms with van der Waals surface area (Å²) in [5.74, 6) is -0.0166. The third kappa shape index (κ3) is 5.39. The van der Waals surface area contributed by atoms with E-state index in [0.717, 1.165) is 0 Å². The van der Waals surface area contributed by atoms with E-state index in [0.29, 0.717) is 22.6 Å². The minimum Gasteiger partial charge on any atom is -0.493 e. The van der Waals surface area contributed by atoms with Crippen LogP contribution in [0, 0.1) is 11.3 Å². The molecule has 2 rings (SSSR count). The predicted molar refractivity (Wildman–Crippen MR) is 95.2 cm³/mol. The summed E-state index contributed by atoms with van der Waals surface area (Å²) in [5.41, 5.74) is 5.76. The summed E-state index contributed by atoms with van der Waals surface area (Å²) in [7, 11) is 1.48. The number of carbonyl (C=O) groups is 2. The van der Waals surface area contributed by atoms with E-state index < -0.39 is 11.8 Å². The molecule has 2 aromatic rings. The molecule has 0 bridgehead atoms. The second-order valence-corrected chi connectivity index (χ2v) is 5.00. The number of ether oxygens (including phenoxy) is 2. The van der Waals surface area contributed by atoms with Crippen LogP contribution in [0.15, 0.2) is 54.6 Å². The number of hydrogen-bond acceptors (Lipinski definition) is 5. The molecular formula is C19H17N3O4. The average Bonchev–Trinajstić information content (AvgIpc) is 2.69. The minimum absolute atomic E-state index is 0.0882. The van der Waals surface area contributed by atoms with Gasteiger partial charge in [-0.25, -0.2) is 0 Å². The van der Waals surface area contributed by atoms with Gasteiger partial charge in [-0.15, -0.1) is 0 Å². The SMILES string of the molecule is COc1cc(/C=C/C(=O)NNC(=O)c2ccccc2)ccc1OCC#N. The highest BCUT2D eigenvalue weighted by molar-refractivity contribution is 5.97. The first-order valence-corrected chi connectivity index (χ1v) is 7.65. The minimum atomic E-state index is -0.488. The molecule has 0 unspecified atom stereocenters. The van der Waals surface area contributed by atoms with Crippen LogP contribution in [-0.4, -0.2) is 25.5 Å². The van der Waals surface area contributed by atoms with Gasteiger partial charge in [0.25, 0.3) is 11.8 Å². The van der Waals surface area contributed by atoms with Crippen LogP contribution in [0.25, 0.3) is 6.08 Å². The van der Waals surface area contributed by atoms with Crippen LogP contribution in [0.5, 0.6) is 11.5 Å². The van der Waals surface area contributed by atoms with Crippen LogP contribution in [-0.2, 0) is 4.79 Å². The smallest absolute Gasteiger partial charge is 0.269 e. The number of nitrogens with zero attached hydrogens (tertiary/aromatic N) is 1. The fourth-order valence-electron chi connectivity index (χ4n) is 2.01. The normalized spacial score (nSPS) is 10.0. The monoisotopic (exact) mass is 351 g/mol. The lowest BCUT2D eigenvalue weighted by molar-refractivity contribution is -0.117. The Morgan fingerprint density at radius 2 is 1.88 bits per heavy atom. The quantitative estimate of drug-likeness (QED) is 0.613. The van der Waals surface area contributed by atoms with Gasteiger partial charge in [-0.05, 0) is 35.9 Å². The van der Waals surface area contributed by atoms with Gasteiger partial charge in [-0.1, -0.05) is 24.3 Å². The summed E-state index contributed by atoms with van der Waals surface area (Å²) in [6, 6.07) is 15.4. The van der Waals surface area contributed by atoms with Gasteiger partial charge in [-0.2, -0.15) is 5.26 Å². The molecule has 0 heterocycles. The van der Waals surface area contributed by atoms with E-state index in [1.807, 2.05) is 6.07 Å². The molecule has 2 amide bonds. The van der Waals surface area contributed by atoms with Crippen LogP contribution in [0.2, 0.25) is 0 Å². The number of hydrogen-bond donors (Lipinski definition) is 2. The van der Waals surface area contributed by atoms with Gasteiger partial charge in [-0.3, -0.25) is 20.4 Å². The molecule has 0 saturated heterocycles. The number of benzene rings is 2. The third-order valence-corrected chi connectivity index (χ3v) is 3.24. The fourth-order valence-corrected chi connectivity index (χ4v) is 2.01. The van der Waals surface area contributed by atoms with Gasteiger partial charge in [0.15, 0.2) is 18.1 Å². The average molecular weight is 351 g/mol. The Balaban J connectivity index is 1.93. The lowest BCUT2D eigenvalue weighted by atomic mass is 10.2. The molecule has 0 aliphatic rings. The van der Waals surface area contributed by atoms with Crippen molar-refractivity contribution in [3.63, 3.8) is 0 Å². The van der Waals surface area contributed by atoms with Crippen molar-refractivity contribution >= 4 is 17.9 Å². The van der Waals surface area contributed by atoms with Gasteiger partial charge in [0, 0.05) is 11.6 Å². The molecule has 2 aromatic carbocycles. The molecule has 0 fully saturated rings. The molecule has 7 heteroatoms. The van der Waals surface area contributed by atoms with Crippen molar-refractivity contribution in [3.8, 4) is 17.6 Å². The Kier molecular flexibility index (Phi) is 6.77. The molecule has 0 atom stereocenters. The summed E-state index contributed by atoms with van der Waals surface area (Å²) in [5, 5.41) is 8.55. The number of rotatable bonds is 6. The molecule has 2 N–H and O–H groups in total. The van der Waals surface area contributed by atoms with Crippen molar-refractivity contribution in [2.45, 2.75) is 0 Å². The van der Waals surface area contributed by atoms with Crippen LogP contribution >= 0.6 is 0 Å². The maximum Gasteiger partial charge on any atom is 0.269 e. The van der Waals surface area contributed by atoms with E-state index in [4.69, 9.17) is 14.7 Å². The van der Waals surface area contributed by atoms with E-state index in [1.54, 1.807) is 54.6 Å². The fraction of sp³-hybridized carbons (Fsp3) is 0.105. The zero-order chi connectivity index (χ0) is 18.8. The molecular weight excluding hydrogens is 334 g/mol. The molecule has 0 aromatic heterocycles. The first kappa shape index (κ1) is 18.5. The molecule has 0 spiro atoms. The number of methoxy groups -OCH3 is 1. The highest BCUT2D eigenvalue weighted by Crippen LogP contribution is 2.28. The van der Waals surface area contributed by atoms with Gasteiger partial charge < -0.3 is 9.47 Å². The van der Waals surface area contributed by atoms with Crippen molar-refractivity contribution in [1.29, 1.82) is 5.26 Å². The predicted octanol–water partition coefficient (Wildman–Crippen LogP) is 2.07. The van der Waals surface area contributed by atoms with Crippen LogP contribution in [0.3, 0.4) is 0 Å². The Morgan fingerprint density at radius 3 is 2.58 bits per heavy atom. The molecule has 0 aliphatic heterocycles. The molecule has 132 valence electrons. The molecule has 7 nitrogen and oxygen atoms in total. The van der Waals surface area contributed by atoms with Crippen LogP contribution in [0.1, 0.15) is 15.9 Å². The van der Waals surface area contributed by atoms with Gasteiger partial charge in [0.1, 0.15) is 6.07 Å². The third-order valence-electron chi connectivity index (χ3n) is 3.24. The topological polar surface area (TPSA) is 100 Å². The Hall–Kier alpha value is -3.79. The number of carbonyl (C=O) groups excluding carboxylic acids is 2. The second-order valence-electron chi connectivity index (χ2n) is 5.00. The zero-order valence-electron chi connectivity index (χ0n) is 14.1. The number of nitrogens with one attached hydrogen (secondary N) is 2. The zero-order valence-corrected chi connectivity index (χ0v) is 14.1. The van der Waals surface area contributed by atoms with E-state index in [1.165, 1.54) is 13.2 Å². The molecule has 0 aliphatic carbocycles. The van der Waals surface area contributed by atoms with Crippen LogP contribution in [0.4, 0.5) is 0 Å². The molecule has 26 heavy (non-hydrogen) atoms. The molecule has 0 radical (unpaired) electrons. The van der Waals surface area contributed by atoms with Crippen molar-refractivity contribution in [2.75, 3.05) is 13.7 Å². The Bertz CT molecular complexity index is 842. The molecule has 0 saturated carbocycles. The summed E-state index contributed by atoms with van der Waals surface area (Å²) in [4.78, 5) is 23.6. The number of amides is 2. The van der Waals surface area contributed by atoms with E-state index >= 15 is 0 Å². The summed E-state index contributed by atoms with van der Waals surface area (Å²) < 4.78 is 10.4. The maximum absolute atomic E-state index is 11.8. The summed E-state index contributed by atoms with van der Waals surface area (Å²) in [6.07, 6.45) is 2.83. The Morgan fingerprint density at radius 1 is 1.12 bits per heavy atom. The maximum atomic E-state index is 11.8. The van der Waals surface area contributed by atoms with Crippen molar-refractivity contribution in [1.82, 2.24) is 10.9 Å². The van der Waals surface area contributed by atoms with E-state index in [2.05, 4.69) is 10.9 Å². The highest BCUT2D eigenvalue weighted by atomic mass is 16.5. The first-order chi connectivity index (χ1) is 12.6. The lowest BCUT2D eigenvalue weighted by Gasteiger charge is -2.09. The van der Waals surface area contributed by atoms with Gasteiger partial charge in [0.2, 0.25) is 0 Å². The van der Waals surface area contributed by atoms with Gasteiger partial charge in [0.05, 0.1) is 7.11 Å². The standard InChI is InChI=1S/C19H17N3O4/c1-25-17-13-14(7-9-16(17)26-12-11-20)8-10-18(23)21-22-19(24)15-5-3-2-4-6-15/h2-10,13H,12H2,1H3,(H,21,23)(H,22,24)/b10-8+. The Labute approximate surface area is 150 Å². The van der Waals surface area contributed by atoms with Crippen LogP contribution < -0.4 is 20.3 Å². The van der Waals surface area contributed by atoms with Gasteiger partial charge >= 0.3 is 0 Å². The number of nitriles is 1. The highest BCUT2D eigenvalue weighted by Gasteiger charge is 2.06. The van der Waals surface area contributed by atoms with Crippen molar-refractivity contribution in [2.24, 2.45) is 0 Å². The van der Waals surface area contributed by atoms with Crippen molar-refractivity contribution < 1.29 is 19.1 Å². The van der Waals surface area contributed by atoms with E-state index in [-0.39, 0.29) is 6.61 Å². The summed E-state index contributed by atoms with van der Waals surface area (Å²) in [6.45, 7) is -0.0882. The lowest BCUT2D eigenvalue weighted by Crippen LogP contribution is -2.40. The van der Waals surface area contributed by atoms with E-state index in [9.17, 15) is 9.59 Å². The number of hydrazine groups is 1. The first-order valence-electron chi connectivity index (χ1n) is 7.65.